The molecule has 2 unspecified atom stereocenters. The highest BCUT2D eigenvalue weighted by Crippen LogP contribution is 2.33. The third-order valence-corrected chi connectivity index (χ3v) is 6.82. The lowest BCUT2D eigenvalue weighted by atomic mass is 10.0. The minimum absolute atomic E-state index is 0.246. The van der Waals surface area contributed by atoms with Crippen LogP contribution in [0.5, 0.6) is 0 Å². The number of hydrogen-bond donors (Lipinski definition) is 4. The van der Waals surface area contributed by atoms with Crippen LogP contribution >= 0.6 is 11.3 Å². The van der Waals surface area contributed by atoms with Gasteiger partial charge in [-0.05, 0) is 63.9 Å². The Morgan fingerprint density at radius 3 is 2.64 bits per heavy atom. The zero-order chi connectivity index (χ0) is 17.7. The molecule has 3 heterocycles. The summed E-state index contributed by atoms with van der Waals surface area (Å²) in [6, 6.07) is 3.66. The number of hydrogen-bond acceptors (Lipinski definition) is 6. The molecule has 5 nitrogen and oxygen atoms in total. The largest absolute Gasteiger partial charge is 0.395 e. The van der Waals surface area contributed by atoms with Crippen LogP contribution in [0.2, 0.25) is 0 Å². The van der Waals surface area contributed by atoms with Crippen LogP contribution in [-0.4, -0.2) is 58.5 Å². The molecule has 0 bridgehead atoms. The maximum absolute atomic E-state index is 10.8. The van der Waals surface area contributed by atoms with Crippen LogP contribution in [0.1, 0.15) is 54.7 Å². The molecular weight excluding hydrogens is 336 g/mol. The van der Waals surface area contributed by atoms with Gasteiger partial charge in [-0.3, -0.25) is 4.90 Å². The van der Waals surface area contributed by atoms with Crippen LogP contribution in [0.15, 0.2) is 12.1 Å². The van der Waals surface area contributed by atoms with Crippen molar-refractivity contribution in [1.29, 1.82) is 0 Å². The summed E-state index contributed by atoms with van der Waals surface area (Å²) in [5, 5.41) is 35.0. The average Bonchev–Trinajstić information content (AvgIpc) is 2.94. The van der Waals surface area contributed by atoms with Gasteiger partial charge < -0.3 is 20.6 Å². The normalized spacial score (nSPS) is 24.8. The molecule has 2 aliphatic heterocycles. The van der Waals surface area contributed by atoms with E-state index < -0.39 is 11.8 Å². The first-order chi connectivity index (χ1) is 12.1. The van der Waals surface area contributed by atoms with E-state index >= 15 is 0 Å². The van der Waals surface area contributed by atoms with Crippen molar-refractivity contribution in [3.63, 3.8) is 0 Å². The number of nitrogens with zero attached hydrogens (tertiary/aromatic N) is 1. The van der Waals surface area contributed by atoms with E-state index in [1.165, 1.54) is 48.3 Å². The van der Waals surface area contributed by atoms with Crippen LogP contribution < -0.4 is 5.32 Å². The van der Waals surface area contributed by atoms with Crippen molar-refractivity contribution in [2.24, 2.45) is 0 Å². The molecule has 0 spiro atoms. The lowest BCUT2D eigenvalue weighted by Crippen LogP contribution is -2.54. The van der Waals surface area contributed by atoms with E-state index in [0.29, 0.717) is 10.9 Å². The molecule has 2 aliphatic rings. The molecule has 2 fully saturated rings. The molecular formula is C19H32N2O3S. The molecule has 142 valence electrons. The molecule has 4 N–H and O–H groups in total. The fourth-order valence-electron chi connectivity index (χ4n) is 4.09. The highest BCUT2D eigenvalue weighted by Gasteiger charge is 2.41. The number of thiophene rings is 1. The number of piperidine rings is 1. The van der Waals surface area contributed by atoms with E-state index in [4.69, 9.17) is 0 Å². The SMILES string of the molecule is OCC(N1CCCCC1)C(O)(O)c1ccc(CC2CCCCCN2)s1. The van der Waals surface area contributed by atoms with Gasteiger partial charge in [-0.25, -0.2) is 0 Å². The molecule has 2 atom stereocenters. The maximum Gasteiger partial charge on any atom is 0.217 e. The Balaban J connectivity index is 1.67. The van der Waals surface area contributed by atoms with Gasteiger partial charge in [-0.1, -0.05) is 19.3 Å². The van der Waals surface area contributed by atoms with Crippen LogP contribution in [0.3, 0.4) is 0 Å². The van der Waals surface area contributed by atoms with Crippen molar-refractivity contribution in [2.75, 3.05) is 26.2 Å². The smallest absolute Gasteiger partial charge is 0.217 e. The van der Waals surface area contributed by atoms with Crippen molar-refractivity contribution in [3.8, 4) is 0 Å². The summed E-state index contributed by atoms with van der Waals surface area (Å²) >= 11 is 1.47. The minimum Gasteiger partial charge on any atom is -0.395 e. The Kier molecular flexibility index (Phi) is 6.88. The fraction of sp³-hybridized carbons (Fsp3) is 0.789. The van der Waals surface area contributed by atoms with Crippen LogP contribution in [0, 0.1) is 0 Å². The Morgan fingerprint density at radius 1 is 1.12 bits per heavy atom. The molecule has 1 aromatic rings. The van der Waals surface area contributed by atoms with Crippen molar-refractivity contribution in [3.05, 3.63) is 21.9 Å². The third-order valence-electron chi connectivity index (χ3n) is 5.60. The molecule has 0 radical (unpaired) electrons. The summed E-state index contributed by atoms with van der Waals surface area (Å²) in [5.41, 5.74) is 0. The standard InChI is InChI=1S/C19H32N2O3S/c22-14-17(21-11-5-2-6-12-21)19(23,24)18-9-8-16(25-18)13-15-7-3-1-4-10-20-15/h8-9,15,17,20,22-24H,1-7,10-14H2. The summed E-state index contributed by atoms with van der Waals surface area (Å²) in [5.74, 6) is -1.99. The van der Waals surface area contributed by atoms with Gasteiger partial charge in [-0.15, -0.1) is 11.3 Å². The van der Waals surface area contributed by atoms with Crippen molar-refractivity contribution in [1.82, 2.24) is 10.2 Å². The van der Waals surface area contributed by atoms with E-state index in [1.807, 2.05) is 17.0 Å². The molecule has 6 heteroatoms. The van der Waals surface area contributed by atoms with Crippen LogP contribution in [-0.2, 0) is 12.2 Å². The quantitative estimate of drug-likeness (QED) is 0.576. The topological polar surface area (TPSA) is 76.0 Å². The van der Waals surface area contributed by atoms with Gasteiger partial charge in [0.1, 0.15) is 0 Å². The van der Waals surface area contributed by atoms with Gasteiger partial charge in [-0.2, -0.15) is 0 Å². The fourth-order valence-corrected chi connectivity index (χ4v) is 5.22. The summed E-state index contributed by atoms with van der Waals surface area (Å²) < 4.78 is 0. The number of aliphatic hydroxyl groups excluding tert-OH is 1. The zero-order valence-corrected chi connectivity index (χ0v) is 15.8. The zero-order valence-electron chi connectivity index (χ0n) is 15.0. The molecule has 25 heavy (non-hydrogen) atoms. The number of likely N-dealkylation sites (tertiary alicyclic amines) is 1. The second-order valence-corrected chi connectivity index (χ2v) is 8.66. The molecule has 2 saturated heterocycles. The van der Waals surface area contributed by atoms with Gasteiger partial charge >= 0.3 is 0 Å². The summed E-state index contributed by atoms with van der Waals surface area (Å²) in [7, 11) is 0. The van der Waals surface area contributed by atoms with E-state index in [-0.39, 0.29) is 6.61 Å². The van der Waals surface area contributed by atoms with Gasteiger partial charge in [0.2, 0.25) is 5.79 Å². The Hall–Kier alpha value is -0.500. The highest BCUT2D eigenvalue weighted by molar-refractivity contribution is 7.12. The second-order valence-electron chi connectivity index (χ2n) is 7.49. The molecule has 0 aliphatic carbocycles. The Morgan fingerprint density at radius 2 is 1.88 bits per heavy atom. The predicted molar refractivity (Wildman–Crippen MR) is 101 cm³/mol. The number of nitrogens with one attached hydrogen (secondary N) is 1. The lowest BCUT2D eigenvalue weighted by molar-refractivity contribution is -0.223. The van der Waals surface area contributed by atoms with Crippen molar-refractivity contribution >= 4 is 11.3 Å². The maximum atomic E-state index is 10.8. The first-order valence-corrected chi connectivity index (χ1v) is 10.5. The van der Waals surface area contributed by atoms with E-state index in [1.54, 1.807) is 0 Å². The second kappa shape index (κ2) is 8.93. The lowest BCUT2D eigenvalue weighted by Gasteiger charge is -2.40. The van der Waals surface area contributed by atoms with Crippen molar-refractivity contribution < 1.29 is 15.3 Å². The molecule has 3 rings (SSSR count). The first-order valence-electron chi connectivity index (χ1n) is 9.73. The van der Waals surface area contributed by atoms with E-state index in [0.717, 1.165) is 38.9 Å². The monoisotopic (exact) mass is 368 g/mol. The Bertz CT molecular complexity index is 520. The molecule has 1 aromatic heterocycles. The van der Waals surface area contributed by atoms with Gasteiger partial charge in [0.15, 0.2) is 0 Å². The van der Waals surface area contributed by atoms with Crippen LogP contribution in [0.4, 0.5) is 0 Å². The minimum atomic E-state index is -1.99. The van der Waals surface area contributed by atoms with Gasteiger partial charge in [0.25, 0.3) is 0 Å². The van der Waals surface area contributed by atoms with Gasteiger partial charge in [0, 0.05) is 10.9 Å². The summed E-state index contributed by atoms with van der Waals surface area (Å²) in [4.78, 5) is 3.74. The number of aliphatic hydroxyl groups is 3. The first kappa shape index (κ1) is 19.3. The van der Waals surface area contributed by atoms with E-state index in [2.05, 4.69) is 5.32 Å². The van der Waals surface area contributed by atoms with Crippen molar-refractivity contribution in [2.45, 2.75) is 69.2 Å². The summed E-state index contributed by atoms with van der Waals surface area (Å²) in [6.45, 7) is 2.47. The number of rotatable bonds is 6. The molecule has 0 amide bonds. The highest BCUT2D eigenvalue weighted by atomic mass is 32.1. The Labute approximate surface area is 154 Å². The molecule has 0 saturated carbocycles. The van der Waals surface area contributed by atoms with Gasteiger partial charge in [0.05, 0.1) is 17.5 Å². The molecule has 0 aromatic carbocycles. The third kappa shape index (κ3) is 4.81. The predicted octanol–water partition coefficient (Wildman–Crippen LogP) is 1.81. The van der Waals surface area contributed by atoms with E-state index in [9.17, 15) is 15.3 Å². The van der Waals surface area contributed by atoms with Crippen LogP contribution in [0.25, 0.3) is 0 Å². The summed E-state index contributed by atoms with van der Waals surface area (Å²) in [6.07, 6.45) is 9.21. The average molecular weight is 369 g/mol.